The molecule has 2 saturated heterocycles. The fraction of sp³-hybridized carbons (Fsp3) is 0.588. The molecular weight excluding hydrogens is 280 g/mol. The Hall–Kier alpha value is -1.59. The predicted octanol–water partition coefficient (Wildman–Crippen LogP) is 1.77. The molecule has 0 bridgehead atoms. The lowest BCUT2D eigenvalue weighted by molar-refractivity contribution is -0.121. The van der Waals surface area contributed by atoms with E-state index in [1.54, 1.807) is 7.11 Å². The minimum Gasteiger partial charge on any atom is -0.495 e. The Morgan fingerprint density at radius 2 is 2.18 bits per heavy atom. The van der Waals surface area contributed by atoms with Gasteiger partial charge in [-0.1, -0.05) is 12.1 Å². The molecule has 1 aromatic rings. The number of rotatable bonds is 5. The van der Waals surface area contributed by atoms with Gasteiger partial charge < -0.3 is 14.4 Å². The molecule has 2 fully saturated rings. The Balaban J connectivity index is 1.56. The van der Waals surface area contributed by atoms with E-state index in [9.17, 15) is 4.79 Å². The highest BCUT2D eigenvalue weighted by Gasteiger charge is 2.27. The van der Waals surface area contributed by atoms with E-state index in [-0.39, 0.29) is 5.91 Å². The van der Waals surface area contributed by atoms with Gasteiger partial charge in [0.1, 0.15) is 5.75 Å². The lowest BCUT2D eigenvalue weighted by Gasteiger charge is -2.35. The first-order valence-corrected chi connectivity index (χ1v) is 8.01. The molecule has 1 aromatic carbocycles. The number of nitrogens with zero attached hydrogens (tertiary/aromatic N) is 2. The third-order valence-corrected chi connectivity index (χ3v) is 4.55. The predicted molar refractivity (Wildman–Crippen MR) is 85.3 cm³/mol. The summed E-state index contributed by atoms with van der Waals surface area (Å²) >= 11 is 0. The average Bonchev–Trinajstić information content (AvgIpc) is 3.06. The van der Waals surface area contributed by atoms with Crippen LogP contribution in [0.4, 0.5) is 5.69 Å². The van der Waals surface area contributed by atoms with Gasteiger partial charge in [0.2, 0.25) is 5.91 Å². The highest BCUT2D eigenvalue weighted by Crippen LogP contribution is 2.29. The van der Waals surface area contributed by atoms with Crippen LogP contribution in [0.2, 0.25) is 0 Å². The van der Waals surface area contributed by atoms with Gasteiger partial charge in [0.15, 0.2) is 0 Å². The number of methoxy groups -OCH3 is 1. The zero-order valence-electron chi connectivity index (χ0n) is 13.2. The van der Waals surface area contributed by atoms with Gasteiger partial charge in [-0.3, -0.25) is 9.69 Å². The minimum atomic E-state index is 0.151. The van der Waals surface area contributed by atoms with E-state index in [2.05, 4.69) is 4.90 Å². The van der Waals surface area contributed by atoms with E-state index in [1.165, 1.54) is 0 Å². The molecular formula is C17H24N2O3. The largest absolute Gasteiger partial charge is 0.495 e. The van der Waals surface area contributed by atoms with E-state index in [0.29, 0.717) is 12.5 Å². The molecule has 2 aliphatic heterocycles. The summed E-state index contributed by atoms with van der Waals surface area (Å²) in [5.74, 6) is 1.58. The first-order chi connectivity index (χ1) is 10.8. The average molecular weight is 304 g/mol. The Morgan fingerprint density at radius 3 is 2.91 bits per heavy atom. The molecule has 2 aliphatic rings. The van der Waals surface area contributed by atoms with Crippen molar-refractivity contribution in [2.24, 2.45) is 5.92 Å². The summed E-state index contributed by atoms with van der Waals surface area (Å²) in [6.07, 6.45) is 2.29. The van der Waals surface area contributed by atoms with E-state index < -0.39 is 0 Å². The van der Waals surface area contributed by atoms with Gasteiger partial charge in [0, 0.05) is 26.3 Å². The van der Waals surface area contributed by atoms with E-state index in [1.807, 2.05) is 29.2 Å². The summed E-state index contributed by atoms with van der Waals surface area (Å²) < 4.78 is 10.8. The second-order valence-corrected chi connectivity index (χ2v) is 6.01. The number of benzene rings is 1. The topological polar surface area (TPSA) is 42.0 Å². The van der Waals surface area contributed by atoms with Crippen LogP contribution >= 0.6 is 0 Å². The van der Waals surface area contributed by atoms with Crippen molar-refractivity contribution in [3.63, 3.8) is 0 Å². The highest BCUT2D eigenvalue weighted by atomic mass is 16.5. The van der Waals surface area contributed by atoms with Crippen LogP contribution in [0.1, 0.15) is 12.8 Å². The molecule has 5 nitrogen and oxygen atoms in total. The standard InChI is InChI=1S/C17H24N2O3/c1-21-16-5-3-2-4-15(16)19-10-9-18(12-17(19)20)8-6-14-7-11-22-13-14/h2-5,14H,6-13H2,1H3/t14-/m1/s1. The van der Waals surface area contributed by atoms with Gasteiger partial charge in [0.05, 0.1) is 19.3 Å². The number of amides is 1. The molecule has 0 aromatic heterocycles. The van der Waals surface area contributed by atoms with Gasteiger partial charge in [-0.2, -0.15) is 0 Å². The van der Waals surface area contributed by atoms with Crippen molar-refractivity contribution in [2.75, 3.05) is 51.4 Å². The number of hydrogen-bond donors (Lipinski definition) is 0. The first-order valence-electron chi connectivity index (χ1n) is 8.01. The summed E-state index contributed by atoms with van der Waals surface area (Å²) in [6, 6.07) is 7.71. The fourth-order valence-corrected chi connectivity index (χ4v) is 3.20. The monoisotopic (exact) mass is 304 g/mol. The van der Waals surface area contributed by atoms with Crippen LogP contribution in [-0.2, 0) is 9.53 Å². The lowest BCUT2D eigenvalue weighted by atomic mass is 10.0. The van der Waals surface area contributed by atoms with Crippen LogP contribution < -0.4 is 9.64 Å². The SMILES string of the molecule is COc1ccccc1N1CCN(CC[C@@H]2CCOC2)CC1=O. The van der Waals surface area contributed by atoms with Crippen molar-refractivity contribution in [1.82, 2.24) is 4.90 Å². The maximum absolute atomic E-state index is 12.5. The summed E-state index contributed by atoms with van der Waals surface area (Å²) in [4.78, 5) is 16.6. The minimum absolute atomic E-state index is 0.151. The molecule has 1 atom stereocenters. The molecule has 0 aliphatic carbocycles. The normalized spacial score (nSPS) is 23.0. The van der Waals surface area contributed by atoms with E-state index >= 15 is 0 Å². The molecule has 22 heavy (non-hydrogen) atoms. The number of carbonyl (C=O) groups excluding carboxylic acids is 1. The van der Waals surface area contributed by atoms with Crippen molar-refractivity contribution < 1.29 is 14.3 Å². The van der Waals surface area contributed by atoms with E-state index in [4.69, 9.17) is 9.47 Å². The van der Waals surface area contributed by atoms with Crippen molar-refractivity contribution >= 4 is 11.6 Å². The van der Waals surface area contributed by atoms with Gasteiger partial charge in [0.25, 0.3) is 0 Å². The fourth-order valence-electron chi connectivity index (χ4n) is 3.20. The molecule has 2 heterocycles. The third kappa shape index (κ3) is 3.42. The molecule has 120 valence electrons. The molecule has 0 saturated carbocycles. The summed E-state index contributed by atoms with van der Waals surface area (Å²) in [7, 11) is 1.64. The van der Waals surface area contributed by atoms with Crippen LogP contribution in [-0.4, -0.2) is 57.3 Å². The van der Waals surface area contributed by atoms with Crippen LogP contribution in [0.25, 0.3) is 0 Å². The number of piperazine rings is 1. The summed E-state index contributed by atoms with van der Waals surface area (Å²) in [5, 5.41) is 0. The Labute approximate surface area is 131 Å². The molecule has 0 spiro atoms. The van der Waals surface area contributed by atoms with Crippen LogP contribution in [0, 0.1) is 5.92 Å². The van der Waals surface area contributed by atoms with Crippen molar-refractivity contribution in [1.29, 1.82) is 0 Å². The van der Waals surface area contributed by atoms with Gasteiger partial charge >= 0.3 is 0 Å². The van der Waals surface area contributed by atoms with Crippen molar-refractivity contribution in [3.8, 4) is 5.75 Å². The second-order valence-electron chi connectivity index (χ2n) is 6.01. The highest BCUT2D eigenvalue weighted by molar-refractivity contribution is 5.96. The quantitative estimate of drug-likeness (QED) is 0.831. The van der Waals surface area contributed by atoms with Crippen molar-refractivity contribution in [3.05, 3.63) is 24.3 Å². The van der Waals surface area contributed by atoms with Crippen LogP contribution in [0.3, 0.4) is 0 Å². The van der Waals surface area contributed by atoms with E-state index in [0.717, 1.165) is 57.1 Å². The lowest BCUT2D eigenvalue weighted by Crippen LogP contribution is -2.50. The molecule has 1 amide bonds. The summed E-state index contributed by atoms with van der Waals surface area (Å²) in [6.45, 7) is 4.89. The van der Waals surface area contributed by atoms with Crippen LogP contribution in [0.15, 0.2) is 24.3 Å². The molecule has 3 rings (SSSR count). The number of ether oxygens (including phenoxy) is 2. The summed E-state index contributed by atoms with van der Waals surface area (Å²) in [5.41, 5.74) is 0.874. The second kappa shape index (κ2) is 7.11. The maximum atomic E-state index is 12.5. The Kier molecular flexibility index (Phi) is 4.95. The number of carbonyl (C=O) groups is 1. The van der Waals surface area contributed by atoms with Gasteiger partial charge in [-0.15, -0.1) is 0 Å². The number of hydrogen-bond acceptors (Lipinski definition) is 4. The number of para-hydroxylation sites is 2. The number of anilines is 1. The van der Waals surface area contributed by atoms with Gasteiger partial charge in [-0.25, -0.2) is 0 Å². The van der Waals surface area contributed by atoms with Crippen molar-refractivity contribution in [2.45, 2.75) is 12.8 Å². The smallest absolute Gasteiger partial charge is 0.241 e. The Morgan fingerprint density at radius 1 is 1.32 bits per heavy atom. The zero-order valence-corrected chi connectivity index (χ0v) is 13.2. The first kappa shape index (κ1) is 15.3. The molecule has 0 unspecified atom stereocenters. The Bertz CT molecular complexity index is 514. The van der Waals surface area contributed by atoms with Crippen LogP contribution in [0.5, 0.6) is 5.75 Å². The molecule has 0 radical (unpaired) electrons. The zero-order chi connectivity index (χ0) is 15.4. The molecule has 0 N–H and O–H groups in total. The molecule has 5 heteroatoms. The third-order valence-electron chi connectivity index (χ3n) is 4.55. The van der Waals surface area contributed by atoms with Gasteiger partial charge in [-0.05, 0) is 37.4 Å². The maximum Gasteiger partial charge on any atom is 0.241 e.